The smallest absolute Gasteiger partial charge is 0.190 e. The second-order valence-corrected chi connectivity index (χ2v) is 7.48. The fourth-order valence-electron chi connectivity index (χ4n) is 2.75. The summed E-state index contributed by atoms with van der Waals surface area (Å²) in [5.74, 6) is 0.853. The minimum Gasteiger partial charge on any atom is -0.497 e. The van der Waals surface area contributed by atoms with Crippen molar-refractivity contribution < 1.29 is 4.74 Å². The Morgan fingerprint density at radius 1 is 1.17 bits per heavy atom. The molecule has 0 amide bonds. The Labute approximate surface area is 150 Å². The van der Waals surface area contributed by atoms with Crippen LogP contribution in [0.4, 0.5) is 5.69 Å². The lowest BCUT2D eigenvalue weighted by Crippen LogP contribution is -2.19. The van der Waals surface area contributed by atoms with E-state index in [1.165, 1.54) is 10.6 Å². The Morgan fingerprint density at radius 3 is 2.58 bits per heavy atom. The summed E-state index contributed by atoms with van der Waals surface area (Å²) in [5, 5.41) is 4.35. The number of nitrogens with zero attached hydrogens (tertiary/aromatic N) is 2. The van der Waals surface area contributed by atoms with E-state index in [2.05, 4.69) is 41.3 Å². The van der Waals surface area contributed by atoms with E-state index >= 15 is 0 Å². The zero-order chi connectivity index (χ0) is 16.9. The maximum atomic E-state index is 5.22. The van der Waals surface area contributed by atoms with Crippen LogP contribution in [0, 0.1) is 0 Å². The van der Waals surface area contributed by atoms with E-state index in [0.717, 1.165) is 29.1 Å². The third-order valence-electron chi connectivity index (χ3n) is 3.96. The van der Waals surface area contributed by atoms with Gasteiger partial charge in [0.15, 0.2) is 4.80 Å². The molecule has 126 valence electrons. The van der Waals surface area contributed by atoms with Crippen molar-refractivity contribution in [1.82, 2.24) is 4.57 Å². The van der Waals surface area contributed by atoms with Gasteiger partial charge in [0, 0.05) is 11.4 Å². The maximum absolute atomic E-state index is 5.22. The first-order valence-electron chi connectivity index (χ1n) is 8.15. The van der Waals surface area contributed by atoms with Crippen molar-refractivity contribution in [2.45, 2.75) is 32.7 Å². The van der Waals surface area contributed by atoms with E-state index < -0.39 is 0 Å². The molecule has 3 aromatic rings. The largest absolute Gasteiger partial charge is 0.497 e. The van der Waals surface area contributed by atoms with Crippen LogP contribution in [0.2, 0.25) is 0 Å². The fourth-order valence-corrected chi connectivity index (χ4v) is 4.57. The van der Waals surface area contributed by atoms with E-state index in [0.29, 0.717) is 6.04 Å². The van der Waals surface area contributed by atoms with Crippen LogP contribution in [0.25, 0.3) is 10.6 Å². The number of benzene rings is 1. The Hall–Kier alpha value is -1.85. The van der Waals surface area contributed by atoms with Crippen molar-refractivity contribution in [3.05, 3.63) is 52.0 Å². The van der Waals surface area contributed by atoms with E-state index in [9.17, 15) is 0 Å². The summed E-state index contributed by atoms with van der Waals surface area (Å²) in [6.07, 6.45) is 2.31. The molecule has 2 heterocycles. The fraction of sp³-hybridized carbons (Fsp3) is 0.316. The summed E-state index contributed by atoms with van der Waals surface area (Å²) in [6, 6.07) is 12.6. The molecule has 5 heteroatoms. The van der Waals surface area contributed by atoms with E-state index in [4.69, 9.17) is 9.73 Å². The number of hydrogen-bond donors (Lipinski definition) is 0. The molecule has 1 aromatic carbocycles. The summed E-state index contributed by atoms with van der Waals surface area (Å²) in [4.78, 5) is 7.22. The van der Waals surface area contributed by atoms with E-state index in [1.54, 1.807) is 29.8 Å². The predicted octanol–water partition coefficient (Wildman–Crippen LogP) is 5.88. The van der Waals surface area contributed by atoms with Crippen LogP contribution in [-0.2, 0) is 0 Å². The molecule has 3 nitrogen and oxygen atoms in total. The minimum atomic E-state index is 0.426. The third kappa shape index (κ3) is 3.62. The molecule has 0 aliphatic heterocycles. The first-order chi connectivity index (χ1) is 11.7. The minimum absolute atomic E-state index is 0.426. The lowest BCUT2D eigenvalue weighted by atomic mass is 10.2. The SMILES string of the molecule is CCCC(C)n1c(-c2cccs2)csc1=Nc1ccc(OC)cc1. The number of ether oxygens (including phenoxy) is 1. The van der Waals surface area contributed by atoms with Gasteiger partial charge in [0.05, 0.1) is 23.4 Å². The van der Waals surface area contributed by atoms with Crippen LogP contribution < -0.4 is 9.54 Å². The number of hydrogen-bond acceptors (Lipinski definition) is 4. The molecular weight excluding hydrogens is 336 g/mol. The second-order valence-electron chi connectivity index (χ2n) is 5.70. The zero-order valence-electron chi connectivity index (χ0n) is 14.2. The van der Waals surface area contributed by atoms with Gasteiger partial charge in [-0.25, -0.2) is 4.99 Å². The highest BCUT2D eigenvalue weighted by molar-refractivity contribution is 7.14. The Bertz CT molecular complexity index is 829. The molecule has 0 saturated carbocycles. The Balaban J connectivity index is 2.07. The quantitative estimate of drug-likeness (QED) is 0.540. The van der Waals surface area contributed by atoms with Crippen LogP contribution >= 0.6 is 22.7 Å². The van der Waals surface area contributed by atoms with Gasteiger partial charge in [-0.2, -0.15) is 0 Å². The van der Waals surface area contributed by atoms with E-state index in [1.807, 2.05) is 24.3 Å². The van der Waals surface area contributed by atoms with Gasteiger partial charge in [-0.05, 0) is 49.1 Å². The molecule has 0 aliphatic carbocycles. The summed E-state index contributed by atoms with van der Waals surface area (Å²) in [5.41, 5.74) is 2.22. The Morgan fingerprint density at radius 2 is 1.96 bits per heavy atom. The molecule has 0 aliphatic rings. The van der Waals surface area contributed by atoms with Gasteiger partial charge in [-0.15, -0.1) is 22.7 Å². The molecule has 1 atom stereocenters. The molecule has 2 aromatic heterocycles. The summed E-state index contributed by atoms with van der Waals surface area (Å²) in [6.45, 7) is 4.51. The van der Waals surface area contributed by atoms with Crippen LogP contribution in [0.15, 0.2) is 52.2 Å². The van der Waals surface area contributed by atoms with Gasteiger partial charge in [0.2, 0.25) is 0 Å². The van der Waals surface area contributed by atoms with Crippen molar-refractivity contribution in [2.24, 2.45) is 4.99 Å². The molecule has 0 saturated heterocycles. The molecule has 0 N–H and O–H groups in total. The highest BCUT2D eigenvalue weighted by atomic mass is 32.1. The van der Waals surface area contributed by atoms with Gasteiger partial charge >= 0.3 is 0 Å². The molecule has 0 radical (unpaired) electrons. The second kappa shape index (κ2) is 7.81. The standard InChI is InChI=1S/C19H22N2OS2/c1-4-6-14(2)21-17(18-7-5-12-23-18)13-24-19(21)20-15-8-10-16(22-3)11-9-15/h5,7-14H,4,6H2,1-3H3. The average molecular weight is 359 g/mol. The predicted molar refractivity (Wildman–Crippen MR) is 103 cm³/mol. The zero-order valence-corrected chi connectivity index (χ0v) is 15.9. The van der Waals surface area contributed by atoms with Crippen LogP contribution in [0.3, 0.4) is 0 Å². The number of rotatable bonds is 6. The number of thiazole rings is 1. The Kier molecular flexibility index (Phi) is 5.53. The average Bonchev–Trinajstić information content (AvgIpc) is 3.25. The molecule has 24 heavy (non-hydrogen) atoms. The normalized spacial score (nSPS) is 13.2. The van der Waals surface area contributed by atoms with Crippen molar-refractivity contribution in [3.63, 3.8) is 0 Å². The molecule has 3 rings (SSSR count). The van der Waals surface area contributed by atoms with E-state index in [-0.39, 0.29) is 0 Å². The summed E-state index contributed by atoms with van der Waals surface area (Å²) >= 11 is 3.48. The van der Waals surface area contributed by atoms with Crippen LogP contribution in [0.1, 0.15) is 32.7 Å². The maximum Gasteiger partial charge on any atom is 0.190 e. The highest BCUT2D eigenvalue weighted by Gasteiger charge is 2.14. The van der Waals surface area contributed by atoms with Gasteiger partial charge in [0.25, 0.3) is 0 Å². The first-order valence-corrected chi connectivity index (χ1v) is 9.91. The van der Waals surface area contributed by atoms with Gasteiger partial charge in [-0.1, -0.05) is 19.4 Å². The number of aromatic nitrogens is 1. The van der Waals surface area contributed by atoms with Crippen molar-refractivity contribution in [3.8, 4) is 16.3 Å². The van der Waals surface area contributed by atoms with Crippen molar-refractivity contribution >= 4 is 28.4 Å². The molecular formula is C19H22N2OS2. The molecule has 1 unspecified atom stereocenters. The number of methoxy groups -OCH3 is 1. The topological polar surface area (TPSA) is 26.5 Å². The summed E-state index contributed by atoms with van der Waals surface area (Å²) < 4.78 is 7.60. The molecule has 0 bridgehead atoms. The monoisotopic (exact) mass is 358 g/mol. The number of thiophene rings is 1. The van der Waals surface area contributed by atoms with Crippen molar-refractivity contribution in [1.29, 1.82) is 0 Å². The lowest BCUT2D eigenvalue weighted by molar-refractivity contribution is 0.415. The van der Waals surface area contributed by atoms with Gasteiger partial charge in [-0.3, -0.25) is 0 Å². The first kappa shape index (κ1) is 17.0. The molecule has 0 fully saturated rings. The molecule has 0 spiro atoms. The van der Waals surface area contributed by atoms with Crippen LogP contribution in [0.5, 0.6) is 5.75 Å². The summed E-state index contributed by atoms with van der Waals surface area (Å²) in [7, 11) is 1.68. The third-order valence-corrected chi connectivity index (χ3v) is 5.69. The van der Waals surface area contributed by atoms with Gasteiger partial charge in [0.1, 0.15) is 5.75 Å². The van der Waals surface area contributed by atoms with Gasteiger partial charge < -0.3 is 9.30 Å². The highest BCUT2D eigenvalue weighted by Crippen LogP contribution is 2.29. The van der Waals surface area contributed by atoms with Crippen LogP contribution in [-0.4, -0.2) is 11.7 Å². The lowest BCUT2D eigenvalue weighted by Gasteiger charge is -2.16. The van der Waals surface area contributed by atoms with Crippen molar-refractivity contribution in [2.75, 3.05) is 7.11 Å².